The van der Waals surface area contributed by atoms with Gasteiger partial charge in [-0.05, 0) is 46.5 Å². The number of rotatable bonds is 9. The molecule has 10 N–H and O–H groups in total. The van der Waals surface area contributed by atoms with Gasteiger partial charge in [0.25, 0.3) is 0 Å². The second kappa shape index (κ2) is 17.7. The predicted octanol–water partition coefficient (Wildman–Crippen LogP) is -2.74. The van der Waals surface area contributed by atoms with Crippen molar-refractivity contribution in [3.63, 3.8) is 0 Å². The van der Waals surface area contributed by atoms with Crippen molar-refractivity contribution in [2.45, 2.75) is 73.2 Å². The third-order valence-electron chi connectivity index (χ3n) is 11.6. The third-order valence-corrected chi connectivity index (χ3v) is 11.6. The van der Waals surface area contributed by atoms with Gasteiger partial charge < -0.3 is 80.2 Å². The zero-order valence-electron chi connectivity index (χ0n) is 32.4. The number of hydrogen-bond acceptors (Lipinski definition) is 18. The standard InChI is InChI=1S/C42H38O20.Ca/c43-11-23-31(47)35(51)37(53)41(61-23)59-21-5-1-3-15-25(17-7-13(39(55)56)9-19(45)27(17)33(49)29(15)21)26-16-4-2-6-22(60-42-38(54)36(52)32(48)24(12-44)62-42)30(16)34(50)28-18(26)8-14(40(57)58)10-20(28)46;/h1-10,23-26,31-32,35-38,41-48,51-54H,11-12H2,(H,55,56)(H,57,58);/q;+2/p-2/t23-,24-,25?,26?,31-,32-,35+,36+,37-,38-,41-,42-;/m1./s1. The molecule has 0 spiro atoms. The van der Waals surface area contributed by atoms with Crippen LogP contribution in [0.25, 0.3) is 0 Å². The van der Waals surface area contributed by atoms with Crippen LogP contribution in [0.4, 0.5) is 0 Å². The van der Waals surface area contributed by atoms with Crippen molar-refractivity contribution in [2.75, 3.05) is 13.2 Å². The van der Waals surface area contributed by atoms with Crippen LogP contribution in [0.3, 0.4) is 0 Å². The number of fused-ring (bicyclic) bond motifs is 4. The number of carboxylic acids is 2. The van der Waals surface area contributed by atoms with Gasteiger partial charge in [0.1, 0.15) is 60.3 Å². The summed E-state index contributed by atoms with van der Waals surface area (Å²) in [6.07, 6.45) is -17.9. The number of carbonyl (C=O) groups excluding carboxylic acids is 2. The summed E-state index contributed by atoms with van der Waals surface area (Å²) < 4.78 is 22.9. The molecule has 20 nitrogen and oxygen atoms in total. The Labute approximate surface area is 384 Å². The van der Waals surface area contributed by atoms with Crippen LogP contribution in [0.1, 0.15) is 86.6 Å². The van der Waals surface area contributed by atoms with Crippen molar-refractivity contribution in [2.24, 2.45) is 0 Å². The molecule has 21 heteroatoms. The Balaban J connectivity index is 0.00000595. The van der Waals surface area contributed by atoms with Crippen molar-refractivity contribution >= 4 is 61.2 Å². The molecule has 2 aliphatic carbocycles. The molecule has 4 aromatic rings. The minimum atomic E-state index is -1.96. The monoisotopic (exact) mass is 900 g/mol. The number of carbonyl (C=O) groups is 4. The summed E-state index contributed by atoms with van der Waals surface area (Å²) in [7, 11) is 0. The van der Waals surface area contributed by atoms with Gasteiger partial charge in [-0.3, -0.25) is 9.59 Å². The van der Waals surface area contributed by atoms with E-state index in [1.54, 1.807) is 0 Å². The molecule has 2 unspecified atom stereocenters. The Morgan fingerprint density at radius 2 is 0.905 bits per heavy atom. The van der Waals surface area contributed by atoms with Crippen LogP contribution >= 0.6 is 0 Å². The number of benzene rings is 4. The second-order valence-corrected chi connectivity index (χ2v) is 15.2. The number of aliphatic hydroxyl groups is 8. The smallest absolute Gasteiger partial charge is 0.872 e. The minimum Gasteiger partial charge on any atom is -0.872 e. The van der Waals surface area contributed by atoms with Crippen molar-refractivity contribution < 1.29 is 99.4 Å². The summed E-state index contributed by atoms with van der Waals surface area (Å²) in [6, 6.07) is 11.4. The number of aliphatic hydroxyl groups excluding tert-OH is 8. The molecule has 2 saturated heterocycles. The number of carboxylic acid groups (broad SMARTS) is 2. The molecule has 2 heterocycles. The molecular formula is C42H36CaO20. The summed E-state index contributed by atoms with van der Waals surface area (Å²) in [4.78, 5) is 54.1. The first-order valence-electron chi connectivity index (χ1n) is 18.9. The zero-order valence-corrected chi connectivity index (χ0v) is 34.6. The molecule has 12 atom stereocenters. The van der Waals surface area contributed by atoms with Crippen molar-refractivity contribution in [3.8, 4) is 23.0 Å². The van der Waals surface area contributed by atoms with Crippen molar-refractivity contribution in [3.05, 3.63) is 116 Å². The van der Waals surface area contributed by atoms with Crippen LogP contribution < -0.4 is 19.7 Å². The molecule has 4 aromatic carbocycles. The molecule has 0 bridgehead atoms. The maximum Gasteiger partial charge on any atom is 2.00 e. The average molecular weight is 901 g/mol. The van der Waals surface area contributed by atoms with Gasteiger partial charge in [0.15, 0.2) is 11.6 Å². The Hall–Kier alpha value is -4.78. The minimum absolute atomic E-state index is 0. The van der Waals surface area contributed by atoms with E-state index in [9.17, 15) is 80.5 Å². The Kier molecular flexibility index (Phi) is 13.0. The molecule has 0 saturated carbocycles. The van der Waals surface area contributed by atoms with Gasteiger partial charge in [-0.2, -0.15) is 0 Å². The van der Waals surface area contributed by atoms with Crippen LogP contribution in [0, 0.1) is 0 Å². The normalized spacial score (nSPS) is 29.6. The zero-order chi connectivity index (χ0) is 44.6. The fourth-order valence-electron chi connectivity index (χ4n) is 8.68. The first-order valence-corrected chi connectivity index (χ1v) is 18.9. The number of aromatic carboxylic acids is 2. The van der Waals surface area contributed by atoms with Crippen molar-refractivity contribution in [1.82, 2.24) is 0 Å². The van der Waals surface area contributed by atoms with Gasteiger partial charge in [-0.15, -0.1) is 0 Å². The van der Waals surface area contributed by atoms with E-state index >= 15 is 0 Å². The summed E-state index contributed by atoms with van der Waals surface area (Å²) in [6.45, 7) is -1.67. The summed E-state index contributed by atoms with van der Waals surface area (Å²) in [5.41, 5.74) is -3.65. The summed E-state index contributed by atoms with van der Waals surface area (Å²) >= 11 is 0. The first kappa shape index (κ1) is 46.2. The largest absolute Gasteiger partial charge is 2.00 e. The van der Waals surface area contributed by atoms with E-state index in [0.717, 1.165) is 12.1 Å². The van der Waals surface area contributed by atoms with E-state index in [1.165, 1.54) is 36.4 Å². The maximum atomic E-state index is 14.6. The molecule has 0 aromatic heterocycles. The number of ether oxygens (including phenoxy) is 4. The van der Waals surface area contributed by atoms with Gasteiger partial charge >= 0.3 is 49.7 Å². The van der Waals surface area contributed by atoms with Crippen LogP contribution in [-0.4, -0.2) is 187 Å². The fraction of sp³-hybridized carbons (Fsp3) is 0.333. The van der Waals surface area contributed by atoms with E-state index < -0.39 is 144 Å². The van der Waals surface area contributed by atoms with E-state index in [2.05, 4.69) is 0 Å². The van der Waals surface area contributed by atoms with E-state index in [0.29, 0.717) is 12.1 Å². The molecule has 0 amide bonds. The summed E-state index contributed by atoms with van der Waals surface area (Å²) in [5, 5.41) is 131. The Morgan fingerprint density at radius 1 is 0.540 bits per heavy atom. The topological polar surface area (TPSA) is 354 Å². The third kappa shape index (κ3) is 7.63. The van der Waals surface area contributed by atoms with Gasteiger partial charge in [-0.1, -0.05) is 47.9 Å². The SMILES string of the molecule is O=C(O)c1cc([O-])c2c(c1)C(C1c3cc(C(=O)O)cc([O-])c3C(=O)c3c(O[C@@H]4O[C@H](CO)[C@@H](O)[C@H](O)[C@H]4O)cccc31)c1cccc(O[C@@H]3O[C@H](CO)[C@@H](O)[C@H](O)[C@H]3O)c1C2=O.[Ca+2]. The second-order valence-electron chi connectivity index (χ2n) is 15.2. The van der Waals surface area contributed by atoms with Crippen molar-refractivity contribution in [1.29, 1.82) is 0 Å². The van der Waals surface area contributed by atoms with Crippen LogP contribution in [0.5, 0.6) is 23.0 Å². The molecule has 0 radical (unpaired) electrons. The number of ketones is 2. The van der Waals surface area contributed by atoms with E-state index in [-0.39, 0.29) is 82.6 Å². The van der Waals surface area contributed by atoms with Gasteiger partial charge in [-0.25, -0.2) is 9.59 Å². The molecule has 326 valence electrons. The molecule has 8 rings (SSSR count). The van der Waals surface area contributed by atoms with Crippen LogP contribution in [-0.2, 0) is 9.47 Å². The molecule has 4 aliphatic rings. The molecule has 2 fully saturated rings. The predicted molar refractivity (Wildman–Crippen MR) is 204 cm³/mol. The van der Waals surface area contributed by atoms with Crippen LogP contribution in [0.15, 0.2) is 60.7 Å². The molecule has 63 heavy (non-hydrogen) atoms. The maximum absolute atomic E-state index is 14.6. The molecule has 2 aliphatic heterocycles. The molecular weight excluding hydrogens is 865 g/mol. The van der Waals surface area contributed by atoms with Crippen LogP contribution in [0.2, 0.25) is 0 Å². The van der Waals surface area contributed by atoms with Gasteiger partial charge in [0.05, 0.1) is 35.5 Å². The Bertz CT molecular complexity index is 2330. The Morgan fingerprint density at radius 3 is 1.24 bits per heavy atom. The average Bonchev–Trinajstić information content (AvgIpc) is 3.24. The van der Waals surface area contributed by atoms with E-state index in [1.807, 2.05) is 0 Å². The van der Waals surface area contributed by atoms with Gasteiger partial charge in [0.2, 0.25) is 12.6 Å². The first-order chi connectivity index (χ1) is 29.5. The van der Waals surface area contributed by atoms with E-state index in [4.69, 9.17) is 18.9 Å². The fourth-order valence-corrected chi connectivity index (χ4v) is 8.68. The number of hydrogen-bond donors (Lipinski definition) is 10. The van der Waals surface area contributed by atoms with Gasteiger partial charge in [0, 0.05) is 23.0 Å². The quantitative estimate of drug-likeness (QED) is 0.0762. The summed E-state index contributed by atoms with van der Waals surface area (Å²) in [5.74, 6) is -11.1.